The van der Waals surface area contributed by atoms with Gasteiger partial charge in [-0.1, -0.05) is 11.6 Å². The van der Waals surface area contributed by atoms with E-state index in [2.05, 4.69) is 15.0 Å². The van der Waals surface area contributed by atoms with Gasteiger partial charge in [0.2, 0.25) is 0 Å². The fourth-order valence-corrected chi connectivity index (χ4v) is 2.60. The summed E-state index contributed by atoms with van der Waals surface area (Å²) in [6.07, 6.45) is 0. The summed E-state index contributed by atoms with van der Waals surface area (Å²) in [4.78, 5) is 38.7. The molecule has 3 rings (SSSR count). The number of aromatic nitrogens is 1. The number of ether oxygens (including phenoxy) is 1. The molecular weight excluding hydrogens is 363 g/mol. The van der Waals surface area contributed by atoms with Crippen molar-refractivity contribution in [3.05, 3.63) is 74.8 Å². The number of anilines is 1. The van der Waals surface area contributed by atoms with Gasteiger partial charge in [0.25, 0.3) is 11.5 Å². The van der Waals surface area contributed by atoms with Crippen LogP contribution in [0, 0.1) is 5.82 Å². The molecule has 8 heteroatoms. The van der Waals surface area contributed by atoms with Crippen LogP contribution < -0.4 is 10.9 Å². The molecule has 0 bridgehead atoms. The summed E-state index contributed by atoms with van der Waals surface area (Å²) in [6.45, 7) is 0. The van der Waals surface area contributed by atoms with Gasteiger partial charge >= 0.3 is 5.97 Å². The molecule has 2 aromatic carbocycles. The Balaban J connectivity index is 1.94. The van der Waals surface area contributed by atoms with Crippen molar-refractivity contribution in [1.29, 1.82) is 0 Å². The number of hydrogen-bond acceptors (Lipinski definition) is 4. The van der Waals surface area contributed by atoms with Crippen molar-refractivity contribution >= 4 is 40.1 Å². The number of rotatable bonds is 3. The summed E-state index contributed by atoms with van der Waals surface area (Å²) in [5, 5.41) is 3.19. The number of benzene rings is 2. The number of H-pyrrole nitrogens is 1. The Bertz CT molecular complexity index is 1090. The van der Waals surface area contributed by atoms with E-state index in [0.29, 0.717) is 5.39 Å². The van der Waals surface area contributed by atoms with Crippen LogP contribution in [0.4, 0.5) is 10.1 Å². The van der Waals surface area contributed by atoms with Gasteiger partial charge in [0.15, 0.2) is 0 Å². The summed E-state index contributed by atoms with van der Waals surface area (Å²) < 4.78 is 17.8. The third-order valence-corrected chi connectivity index (χ3v) is 4.01. The highest BCUT2D eigenvalue weighted by Gasteiger charge is 2.15. The number of carbonyl (C=O) groups excluding carboxylic acids is 2. The first-order chi connectivity index (χ1) is 12.4. The van der Waals surface area contributed by atoms with Crippen molar-refractivity contribution in [2.45, 2.75) is 0 Å². The third-order valence-electron chi connectivity index (χ3n) is 3.68. The van der Waals surface area contributed by atoms with E-state index in [9.17, 15) is 18.8 Å². The van der Waals surface area contributed by atoms with Crippen LogP contribution >= 0.6 is 11.6 Å². The first-order valence-electron chi connectivity index (χ1n) is 7.41. The average Bonchev–Trinajstić information content (AvgIpc) is 2.61. The Morgan fingerprint density at radius 2 is 1.88 bits per heavy atom. The minimum Gasteiger partial charge on any atom is -0.465 e. The number of esters is 1. The maximum atomic E-state index is 13.2. The Morgan fingerprint density at radius 3 is 2.62 bits per heavy atom. The smallest absolute Gasteiger partial charge is 0.339 e. The summed E-state index contributed by atoms with van der Waals surface area (Å²) in [5.41, 5.74) is -0.194. The SMILES string of the molecule is COC(=O)c1cc(NC(=O)c2cc3ccc(F)cc3[nH]c2=O)ccc1Cl. The lowest BCUT2D eigenvalue weighted by atomic mass is 10.1. The molecule has 0 fully saturated rings. The van der Waals surface area contributed by atoms with Gasteiger partial charge in [0.1, 0.15) is 11.4 Å². The number of amides is 1. The monoisotopic (exact) mass is 374 g/mol. The third kappa shape index (κ3) is 3.43. The molecule has 0 saturated carbocycles. The Kier molecular flexibility index (Phi) is 4.73. The minimum absolute atomic E-state index is 0.0786. The van der Waals surface area contributed by atoms with Crippen molar-refractivity contribution in [1.82, 2.24) is 4.98 Å². The summed E-state index contributed by atoms with van der Waals surface area (Å²) >= 11 is 5.93. The quantitative estimate of drug-likeness (QED) is 0.688. The van der Waals surface area contributed by atoms with Crippen molar-refractivity contribution in [3.8, 4) is 0 Å². The molecule has 0 aliphatic rings. The zero-order valence-corrected chi connectivity index (χ0v) is 14.2. The van der Waals surface area contributed by atoms with Gasteiger partial charge in [0, 0.05) is 5.69 Å². The molecule has 1 heterocycles. The first-order valence-corrected chi connectivity index (χ1v) is 7.78. The molecule has 0 unspecified atom stereocenters. The molecule has 0 aliphatic carbocycles. The lowest BCUT2D eigenvalue weighted by molar-refractivity contribution is 0.0600. The molecule has 0 aliphatic heterocycles. The Hall–Kier alpha value is -3.19. The van der Waals surface area contributed by atoms with Crippen LogP contribution in [0.1, 0.15) is 20.7 Å². The van der Waals surface area contributed by atoms with E-state index < -0.39 is 23.3 Å². The lowest BCUT2D eigenvalue weighted by Crippen LogP contribution is -2.23. The Labute approximate surface area is 151 Å². The van der Waals surface area contributed by atoms with Crippen LogP contribution in [0.2, 0.25) is 5.02 Å². The Morgan fingerprint density at radius 1 is 1.12 bits per heavy atom. The second kappa shape index (κ2) is 6.97. The molecule has 0 saturated heterocycles. The molecule has 6 nitrogen and oxygen atoms in total. The molecule has 1 aromatic heterocycles. The zero-order valence-electron chi connectivity index (χ0n) is 13.4. The van der Waals surface area contributed by atoms with Gasteiger partial charge < -0.3 is 15.0 Å². The van der Waals surface area contributed by atoms with Gasteiger partial charge in [-0.05, 0) is 47.9 Å². The van der Waals surface area contributed by atoms with Gasteiger partial charge in [-0.15, -0.1) is 0 Å². The van der Waals surface area contributed by atoms with E-state index in [1.165, 1.54) is 49.6 Å². The largest absolute Gasteiger partial charge is 0.465 e. The summed E-state index contributed by atoms with van der Waals surface area (Å²) in [6, 6.07) is 9.46. The number of fused-ring (bicyclic) bond motifs is 1. The van der Waals surface area contributed by atoms with Crippen molar-refractivity contribution < 1.29 is 18.7 Å². The van der Waals surface area contributed by atoms with Crippen molar-refractivity contribution in [2.24, 2.45) is 0 Å². The molecule has 0 spiro atoms. The van der Waals surface area contributed by atoms with E-state index in [1.54, 1.807) is 0 Å². The predicted molar refractivity (Wildman–Crippen MR) is 95.3 cm³/mol. The number of pyridine rings is 1. The molecular formula is C18H12ClFN2O4. The highest BCUT2D eigenvalue weighted by atomic mass is 35.5. The van der Waals surface area contributed by atoms with Crippen molar-refractivity contribution in [2.75, 3.05) is 12.4 Å². The number of nitrogens with one attached hydrogen (secondary N) is 2. The van der Waals surface area contributed by atoms with E-state index in [4.69, 9.17) is 11.6 Å². The fourth-order valence-electron chi connectivity index (χ4n) is 2.41. The van der Waals surface area contributed by atoms with E-state index >= 15 is 0 Å². The molecule has 132 valence electrons. The number of halogens is 2. The molecule has 0 atom stereocenters. The topological polar surface area (TPSA) is 88.3 Å². The fraction of sp³-hybridized carbons (Fsp3) is 0.0556. The predicted octanol–water partition coefficient (Wildman–Crippen LogP) is 3.36. The summed E-state index contributed by atoms with van der Waals surface area (Å²) in [7, 11) is 1.21. The second-order valence-electron chi connectivity index (χ2n) is 5.38. The van der Waals surface area contributed by atoms with Gasteiger partial charge in [-0.2, -0.15) is 0 Å². The highest BCUT2D eigenvalue weighted by molar-refractivity contribution is 6.33. The van der Waals surface area contributed by atoms with Crippen LogP contribution in [0.5, 0.6) is 0 Å². The van der Waals surface area contributed by atoms with Crippen LogP contribution in [-0.4, -0.2) is 24.0 Å². The van der Waals surface area contributed by atoms with Crippen LogP contribution in [0.3, 0.4) is 0 Å². The number of methoxy groups -OCH3 is 1. The normalized spacial score (nSPS) is 10.6. The maximum Gasteiger partial charge on any atom is 0.339 e. The second-order valence-corrected chi connectivity index (χ2v) is 5.79. The van der Waals surface area contributed by atoms with Crippen molar-refractivity contribution in [3.63, 3.8) is 0 Å². The van der Waals surface area contributed by atoms with Gasteiger partial charge in [0.05, 0.1) is 23.2 Å². The van der Waals surface area contributed by atoms with E-state index in [-0.39, 0.29) is 27.4 Å². The number of carbonyl (C=O) groups is 2. The molecule has 26 heavy (non-hydrogen) atoms. The summed E-state index contributed by atoms with van der Waals surface area (Å²) in [5.74, 6) is -1.84. The average molecular weight is 375 g/mol. The van der Waals surface area contributed by atoms with Crippen LogP contribution in [-0.2, 0) is 4.74 Å². The lowest BCUT2D eigenvalue weighted by Gasteiger charge is -2.08. The van der Waals surface area contributed by atoms with Gasteiger partial charge in [-0.25, -0.2) is 9.18 Å². The van der Waals surface area contributed by atoms with Crippen LogP contribution in [0.25, 0.3) is 10.9 Å². The standard InChI is InChI=1S/C18H12ClFN2O4/c1-26-18(25)12-8-11(4-5-14(12)19)21-16(23)13-6-9-2-3-10(20)7-15(9)22-17(13)24/h2-8H,1H3,(H,21,23)(H,22,24). The maximum absolute atomic E-state index is 13.2. The molecule has 0 radical (unpaired) electrons. The first kappa shape index (κ1) is 17.6. The minimum atomic E-state index is -0.685. The molecule has 3 aromatic rings. The van der Waals surface area contributed by atoms with Gasteiger partial charge in [-0.3, -0.25) is 9.59 Å². The highest BCUT2D eigenvalue weighted by Crippen LogP contribution is 2.22. The molecule has 2 N–H and O–H groups in total. The van der Waals surface area contributed by atoms with E-state index in [0.717, 1.165) is 0 Å². The zero-order chi connectivity index (χ0) is 18.8. The number of hydrogen-bond donors (Lipinski definition) is 2. The van der Waals surface area contributed by atoms with E-state index in [1.807, 2.05) is 0 Å². The number of aromatic amines is 1. The van der Waals surface area contributed by atoms with Crippen LogP contribution in [0.15, 0.2) is 47.3 Å². The molecule has 1 amide bonds.